The van der Waals surface area contributed by atoms with Crippen LogP contribution in [-0.4, -0.2) is 29.8 Å². The van der Waals surface area contributed by atoms with Crippen molar-refractivity contribution in [2.75, 3.05) is 19.0 Å². The molecule has 1 amide bonds. The fourth-order valence-corrected chi connectivity index (χ4v) is 3.86. The predicted octanol–water partition coefficient (Wildman–Crippen LogP) is 4.97. The van der Waals surface area contributed by atoms with E-state index in [0.29, 0.717) is 33.8 Å². The molecular weight excluding hydrogens is 394 g/mol. The molecular formula is C17H16ClN3O3S2. The fraction of sp³-hybridized carbons (Fsp3) is 0.235. The van der Waals surface area contributed by atoms with Crippen molar-refractivity contribution >= 4 is 45.3 Å². The molecule has 3 rings (SSSR count). The van der Waals surface area contributed by atoms with Gasteiger partial charge < -0.3 is 9.47 Å². The van der Waals surface area contributed by atoms with Crippen LogP contribution in [0.1, 0.15) is 23.7 Å². The molecule has 0 saturated heterocycles. The second kappa shape index (κ2) is 8.48. The van der Waals surface area contributed by atoms with Gasteiger partial charge in [0.2, 0.25) is 5.13 Å². The van der Waals surface area contributed by atoms with Gasteiger partial charge in [-0.1, -0.05) is 29.9 Å². The van der Waals surface area contributed by atoms with Crippen LogP contribution in [0.25, 0.3) is 10.6 Å². The Kier molecular flexibility index (Phi) is 6.08. The zero-order valence-electron chi connectivity index (χ0n) is 14.1. The van der Waals surface area contributed by atoms with Crippen molar-refractivity contribution in [1.29, 1.82) is 0 Å². The molecule has 26 heavy (non-hydrogen) atoms. The Hall–Kier alpha value is -2.16. The molecule has 0 radical (unpaired) electrons. The summed E-state index contributed by atoms with van der Waals surface area (Å²) in [5.74, 6) is 0.496. The van der Waals surface area contributed by atoms with Gasteiger partial charge in [0.15, 0.2) is 11.5 Å². The van der Waals surface area contributed by atoms with Gasteiger partial charge in [-0.3, -0.25) is 10.1 Å². The summed E-state index contributed by atoms with van der Waals surface area (Å²) in [5.41, 5.74) is 1.33. The number of hydrogen-bond acceptors (Lipinski definition) is 7. The highest BCUT2D eigenvalue weighted by atomic mass is 35.5. The molecule has 0 aliphatic rings. The largest absolute Gasteiger partial charge is 0.493 e. The third kappa shape index (κ3) is 4.14. The molecule has 0 fully saturated rings. The Bertz CT molecular complexity index is 897. The van der Waals surface area contributed by atoms with Crippen LogP contribution in [-0.2, 0) is 0 Å². The molecule has 136 valence electrons. The van der Waals surface area contributed by atoms with Gasteiger partial charge in [-0.05, 0) is 30.0 Å². The molecule has 0 unspecified atom stereocenters. The maximum Gasteiger partial charge on any atom is 0.257 e. The lowest BCUT2D eigenvalue weighted by atomic mass is 10.2. The summed E-state index contributed by atoms with van der Waals surface area (Å²) in [7, 11) is 1.50. The Morgan fingerprint density at radius 1 is 1.35 bits per heavy atom. The Balaban J connectivity index is 1.78. The standard InChI is InChI=1S/C17H16ClN3O3S2/c1-3-5-24-14-12(18)7-11(8-13(14)23-2)15(22)19-17-21-20-16(26-17)10-4-6-25-9-10/h4,6-9H,3,5H2,1-2H3,(H,19,21,22). The number of carbonyl (C=O) groups is 1. The maximum atomic E-state index is 12.5. The second-order valence-corrected chi connectivity index (χ2v) is 7.38. The van der Waals surface area contributed by atoms with Crippen LogP contribution < -0.4 is 14.8 Å². The van der Waals surface area contributed by atoms with Crippen LogP contribution in [0, 0.1) is 0 Å². The summed E-state index contributed by atoms with van der Waals surface area (Å²) in [4.78, 5) is 12.5. The molecule has 3 aromatic rings. The molecule has 0 spiro atoms. The summed E-state index contributed by atoms with van der Waals surface area (Å²) in [5, 5.41) is 16.3. The number of nitrogens with zero attached hydrogens (tertiary/aromatic N) is 2. The molecule has 6 nitrogen and oxygen atoms in total. The minimum Gasteiger partial charge on any atom is -0.493 e. The first-order valence-electron chi connectivity index (χ1n) is 7.80. The lowest BCUT2D eigenvalue weighted by molar-refractivity contribution is 0.102. The molecule has 0 aliphatic carbocycles. The number of carbonyl (C=O) groups excluding carboxylic acids is 1. The summed E-state index contributed by atoms with van der Waals surface area (Å²) < 4.78 is 10.9. The molecule has 1 N–H and O–H groups in total. The van der Waals surface area contributed by atoms with Gasteiger partial charge in [0.25, 0.3) is 5.91 Å². The smallest absolute Gasteiger partial charge is 0.257 e. The van der Waals surface area contributed by atoms with Gasteiger partial charge in [0.1, 0.15) is 5.01 Å². The van der Waals surface area contributed by atoms with Crippen LogP contribution in [0.15, 0.2) is 29.0 Å². The van der Waals surface area contributed by atoms with E-state index in [9.17, 15) is 4.79 Å². The SMILES string of the molecule is CCCOc1c(Cl)cc(C(=O)Nc2nnc(-c3ccsc3)s2)cc1OC. The second-order valence-electron chi connectivity index (χ2n) is 5.22. The van der Waals surface area contributed by atoms with Crippen LogP contribution in [0.5, 0.6) is 11.5 Å². The first kappa shape index (κ1) is 18.6. The number of halogens is 1. The number of amides is 1. The molecule has 1 aromatic carbocycles. The van der Waals surface area contributed by atoms with Crippen molar-refractivity contribution in [2.45, 2.75) is 13.3 Å². The quantitative estimate of drug-likeness (QED) is 0.596. The topological polar surface area (TPSA) is 73.3 Å². The number of thiophene rings is 1. The molecule has 2 aromatic heterocycles. The van der Waals surface area contributed by atoms with E-state index in [0.717, 1.165) is 17.0 Å². The number of hydrogen-bond donors (Lipinski definition) is 1. The average Bonchev–Trinajstić information content (AvgIpc) is 3.31. The van der Waals surface area contributed by atoms with Crippen LogP contribution in [0.3, 0.4) is 0 Å². The monoisotopic (exact) mass is 409 g/mol. The first-order chi connectivity index (χ1) is 12.6. The molecule has 0 aliphatic heterocycles. The Labute approximate surface area is 163 Å². The van der Waals surface area contributed by atoms with Crippen molar-refractivity contribution < 1.29 is 14.3 Å². The van der Waals surface area contributed by atoms with Crippen molar-refractivity contribution in [3.05, 3.63) is 39.5 Å². The van der Waals surface area contributed by atoms with Crippen LogP contribution in [0.2, 0.25) is 5.02 Å². The highest BCUT2D eigenvalue weighted by molar-refractivity contribution is 7.19. The highest BCUT2D eigenvalue weighted by Crippen LogP contribution is 2.37. The van der Waals surface area contributed by atoms with E-state index < -0.39 is 0 Å². The number of nitrogens with one attached hydrogen (secondary N) is 1. The summed E-state index contributed by atoms with van der Waals surface area (Å²) in [6, 6.07) is 5.09. The average molecular weight is 410 g/mol. The van der Waals surface area contributed by atoms with Gasteiger partial charge in [-0.15, -0.1) is 10.2 Å². The molecule has 9 heteroatoms. The van der Waals surface area contributed by atoms with Crippen molar-refractivity contribution in [1.82, 2.24) is 10.2 Å². The minimum atomic E-state index is -0.347. The van der Waals surface area contributed by atoms with Gasteiger partial charge in [0.05, 0.1) is 18.7 Å². The fourth-order valence-electron chi connectivity index (χ4n) is 2.14. The van der Waals surface area contributed by atoms with Gasteiger partial charge >= 0.3 is 0 Å². The van der Waals surface area contributed by atoms with E-state index >= 15 is 0 Å². The van der Waals surface area contributed by atoms with E-state index in [4.69, 9.17) is 21.1 Å². The number of methoxy groups -OCH3 is 1. The van der Waals surface area contributed by atoms with E-state index in [-0.39, 0.29) is 5.91 Å². The van der Waals surface area contributed by atoms with Gasteiger partial charge in [-0.25, -0.2) is 0 Å². The number of rotatable bonds is 7. The Morgan fingerprint density at radius 2 is 2.19 bits per heavy atom. The minimum absolute atomic E-state index is 0.319. The van der Waals surface area contributed by atoms with E-state index in [2.05, 4.69) is 15.5 Å². The molecule has 0 saturated carbocycles. The first-order valence-corrected chi connectivity index (χ1v) is 9.93. The van der Waals surface area contributed by atoms with Gasteiger partial charge in [0, 0.05) is 16.5 Å². The van der Waals surface area contributed by atoms with Crippen molar-refractivity contribution in [2.24, 2.45) is 0 Å². The lowest BCUT2D eigenvalue weighted by Gasteiger charge is -2.13. The van der Waals surface area contributed by atoms with Gasteiger partial charge in [-0.2, -0.15) is 11.3 Å². The van der Waals surface area contributed by atoms with E-state index in [1.807, 2.05) is 23.8 Å². The molecule has 2 heterocycles. The lowest BCUT2D eigenvalue weighted by Crippen LogP contribution is -2.12. The Morgan fingerprint density at radius 3 is 2.88 bits per heavy atom. The molecule has 0 bridgehead atoms. The summed E-state index contributed by atoms with van der Waals surface area (Å²) >= 11 is 9.14. The summed E-state index contributed by atoms with van der Waals surface area (Å²) in [6.45, 7) is 2.51. The van der Waals surface area contributed by atoms with Crippen LogP contribution in [0.4, 0.5) is 5.13 Å². The van der Waals surface area contributed by atoms with Crippen LogP contribution >= 0.6 is 34.3 Å². The maximum absolute atomic E-state index is 12.5. The number of benzene rings is 1. The van der Waals surface area contributed by atoms with E-state index in [1.54, 1.807) is 23.5 Å². The van der Waals surface area contributed by atoms with Crippen molar-refractivity contribution in [3.8, 4) is 22.1 Å². The normalized spacial score (nSPS) is 10.6. The third-order valence-electron chi connectivity index (χ3n) is 3.36. The number of aromatic nitrogens is 2. The third-order valence-corrected chi connectivity index (χ3v) is 5.21. The van der Waals surface area contributed by atoms with Crippen molar-refractivity contribution in [3.63, 3.8) is 0 Å². The predicted molar refractivity (Wildman–Crippen MR) is 105 cm³/mol. The number of ether oxygens (including phenoxy) is 2. The number of anilines is 1. The highest BCUT2D eigenvalue weighted by Gasteiger charge is 2.17. The molecule has 0 atom stereocenters. The summed E-state index contributed by atoms with van der Waals surface area (Å²) in [6.07, 6.45) is 0.839. The zero-order chi connectivity index (χ0) is 18.5. The van der Waals surface area contributed by atoms with E-state index in [1.165, 1.54) is 18.4 Å². The zero-order valence-corrected chi connectivity index (χ0v) is 16.5.